The van der Waals surface area contributed by atoms with Crippen molar-refractivity contribution in [2.24, 2.45) is 0 Å². The van der Waals surface area contributed by atoms with Gasteiger partial charge in [0.2, 0.25) is 0 Å². The molecule has 0 aliphatic rings. The van der Waals surface area contributed by atoms with E-state index in [1.807, 2.05) is 43.3 Å². The minimum absolute atomic E-state index is 0.205. The van der Waals surface area contributed by atoms with Crippen LogP contribution >= 0.6 is 15.9 Å². The van der Waals surface area contributed by atoms with E-state index >= 15 is 0 Å². The summed E-state index contributed by atoms with van der Waals surface area (Å²) in [4.78, 5) is 0. The second-order valence-electron chi connectivity index (χ2n) is 7.09. The van der Waals surface area contributed by atoms with Crippen LogP contribution in [0.2, 0.25) is 0 Å². The fourth-order valence-electron chi connectivity index (χ4n) is 3.13. The molecule has 0 saturated heterocycles. The van der Waals surface area contributed by atoms with Crippen molar-refractivity contribution in [1.29, 1.82) is 0 Å². The van der Waals surface area contributed by atoms with Gasteiger partial charge in [0, 0.05) is 11.0 Å². The summed E-state index contributed by atoms with van der Waals surface area (Å²) in [6.07, 6.45) is 0.841. The molecule has 0 spiro atoms. The monoisotopic (exact) mass is 471 g/mol. The molecule has 158 valence electrons. The van der Waals surface area contributed by atoms with E-state index in [2.05, 4.69) is 40.3 Å². The number of ether oxygens (including phenoxy) is 2. The second kappa shape index (κ2) is 11.1. The lowest BCUT2D eigenvalue weighted by molar-refractivity contribution is 0.268. The molecule has 3 aromatic rings. The van der Waals surface area contributed by atoms with Gasteiger partial charge in [-0.1, -0.05) is 52.3 Å². The fourth-order valence-corrected chi connectivity index (χ4v) is 3.59. The van der Waals surface area contributed by atoms with Crippen LogP contribution in [-0.2, 0) is 19.6 Å². The smallest absolute Gasteiger partial charge is 0.162 e. The van der Waals surface area contributed by atoms with E-state index in [9.17, 15) is 4.39 Å². The van der Waals surface area contributed by atoms with Gasteiger partial charge in [0.25, 0.3) is 0 Å². The number of nitrogens with one attached hydrogen (secondary N) is 1. The van der Waals surface area contributed by atoms with Gasteiger partial charge in [0.1, 0.15) is 12.4 Å². The predicted molar refractivity (Wildman–Crippen MR) is 123 cm³/mol. The maximum atomic E-state index is 13.0. The van der Waals surface area contributed by atoms with Crippen LogP contribution in [-0.4, -0.2) is 13.2 Å². The van der Waals surface area contributed by atoms with Crippen molar-refractivity contribution >= 4 is 15.9 Å². The van der Waals surface area contributed by atoms with Crippen molar-refractivity contribution in [3.63, 3.8) is 0 Å². The van der Waals surface area contributed by atoms with Gasteiger partial charge in [-0.05, 0) is 73.3 Å². The highest BCUT2D eigenvalue weighted by molar-refractivity contribution is 9.10. The van der Waals surface area contributed by atoms with Crippen LogP contribution < -0.4 is 14.8 Å². The molecule has 0 heterocycles. The van der Waals surface area contributed by atoms with Gasteiger partial charge in [-0.3, -0.25) is 0 Å². The molecular formula is C25H27BrFNO2. The van der Waals surface area contributed by atoms with E-state index in [-0.39, 0.29) is 5.82 Å². The number of rotatable bonds is 10. The molecule has 3 aromatic carbocycles. The van der Waals surface area contributed by atoms with Gasteiger partial charge in [0.05, 0.1) is 6.61 Å². The summed E-state index contributed by atoms with van der Waals surface area (Å²) in [7, 11) is 0. The fraction of sp³-hybridized carbons (Fsp3) is 0.280. The summed E-state index contributed by atoms with van der Waals surface area (Å²) in [6, 6.07) is 18.8. The van der Waals surface area contributed by atoms with E-state index < -0.39 is 0 Å². The Labute approximate surface area is 186 Å². The number of benzene rings is 3. The maximum absolute atomic E-state index is 13.0. The Hall–Kier alpha value is -2.37. The first-order valence-electron chi connectivity index (χ1n) is 10.1. The van der Waals surface area contributed by atoms with Crippen molar-refractivity contribution in [3.05, 3.63) is 93.2 Å². The SMILES string of the molecule is CCOc1cc(CNCCc2ccc(F)cc2)c(Br)cc1OCc1ccccc1C. The van der Waals surface area contributed by atoms with Crippen LogP contribution in [0.1, 0.15) is 29.2 Å². The van der Waals surface area contributed by atoms with E-state index in [0.717, 1.165) is 45.6 Å². The van der Waals surface area contributed by atoms with E-state index in [1.54, 1.807) is 0 Å². The molecule has 0 aliphatic carbocycles. The zero-order valence-electron chi connectivity index (χ0n) is 17.4. The first kappa shape index (κ1) is 22.3. The summed E-state index contributed by atoms with van der Waals surface area (Å²) in [5.41, 5.74) is 4.57. The largest absolute Gasteiger partial charge is 0.490 e. The summed E-state index contributed by atoms with van der Waals surface area (Å²) < 4.78 is 25.9. The number of hydrogen-bond acceptors (Lipinski definition) is 3. The van der Waals surface area contributed by atoms with E-state index in [0.29, 0.717) is 19.8 Å². The Balaban J connectivity index is 1.61. The van der Waals surface area contributed by atoms with Crippen LogP contribution in [0, 0.1) is 12.7 Å². The predicted octanol–water partition coefficient (Wildman–Crippen LogP) is 6.21. The van der Waals surface area contributed by atoms with Crippen LogP contribution in [0.25, 0.3) is 0 Å². The molecule has 0 saturated carbocycles. The number of halogens is 2. The first-order valence-corrected chi connectivity index (χ1v) is 10.9. The molecular weight excluding hydrogens is 445 g/mol. The van der Waals surface area contributed by atoms with Gasteiger partial charge in [-0.25, -0.2) is 4.39 Å². The summed E-state index contributed by atoms with van der Waals surface area (Å²) in [5, 5.41) is 3.44. The van der Waals surface area contributed by atoms with Crippen molar-refractivity contribution in [1.82, 2.24) is 5.32 Å². The molecule has 0 atom stereocenters. The molecule has 0 amide bonds. The Morgan fingerprint density at radius 1 is 0.933 bits per heavy atom. The maximum Gasteiger partial charge on any atom is 0.162 e. The molecule has 30 heavy (non-hydrogen) atoms. The molecule has 0 bridgehead atoms. The lowest BCUT2D eigenvalue weighted by Crippen LogP contribution is -2.17. The van der Waals surface area contributed by atoms with Crippen LogP contribution in [0.3, 0.4) is 0 Å². The molecule has 1 N–H and O–H groups in total. The highest BCUT2D eigenvalue weighted by Crippen LogP contribution is 2.34. The van der Waals surface area contributed by atoms with Gasteiger partial charge in [-0.15, -0.1) is 0 Å². The van der Waals surface area contributed by atoms with Crippen molar-refractivity contribution in [2.75, 3.05) is 13.2 Å². The zero-order valence-corrected chi connectivity index (χ0v) is 19.0. The minimum atomic E-state index is -0.205. The van der Waals surface area contributed by atoms with Crippen molar-refractivity contribution < 1.29 is 13.9 Å². The van der Waals surface area contributed by atoms with Gasteiger partial charge in [0.15, 0.2) is 11.5 Å². The molecule has 0 aliphatic heterocycles. The van der Waals surface area contributed by atoms with Crippen LogP contribution in [0.15, 0.2) is 65.1 Å². The van der Waals surface area contributed by atoms with Crippen molar-refractivity contribution in [2.45, 2.75) is 33.4 Å². The first-order chi connectivity index (χ1) is 14.6. The summed E-state index contributed by atoms with van der Waals surface area (Å²) >= 11 is 3.66. The third-order valence-electron chi connectivity index (χ3n) is 4.88. The third-order valence-corrected chi connectivity index (χ3v) is 5.61. The summed E-state index contributed by atoms with van der Waals surface area (Å²) in [5.74, 6) is 1.26. The van der Waals surface area contributed by atoms with Gasteiger partial charge < -0.3 is 14.8 Å². The molecule has 5 heteroatoms. The topological polar surface area (TPSA) is 30.5 Å². The van der Waals surface area contributed by atoms with E-state index in [4.69, 9.17) is 9.47 Å². The van der Waals surface area contributed by atoms with Gasteiger partial charge in [-0.2, -0.15) is 0 Å². The Morgan fingerprint density at radius 2 is 1.67 bits per heavy atom. The quantitative estimate of drug-likeness (QED) is 0.356. The average Bonchev–Trinajstić information content (AvgIpc) is 2.74. The van der Waals surface area contributed by atoms with Crippen LogP contribution in [0.4, 0.5) is 4.39 Å². The molecule has 3 nitrogen and oxygen atoms in total. The third kappa shape index (κ3) is 6.31. The zero-order chi connectivity index (χ0) is 21.3. The normalized spacial score (nSPS) is 10.8. The highest BCUT2D eigenvalue weighted by atomic mass is 79.9. The number of hydrogen-bond donors (Lipinski definition) is 1. The molecule has 3 rings (SSSR count). The molecule has 0 aromatic heterocycles. The Kier molecular flexibility index (Phi) is 8.29. The lowest BCUT2D eigenvalue weighted by atomic mass is 10.1. The standard InChI is InChI=1S/C25H27BrFNO2/c1-3-29-24-14-21(16-28-13-12-19-8-10-22(27)11-9-19)23(26)15-25(24)30-17-20-7-5-4-6-18(20)2/h4-11,14-15,28H,3,12-13,16-17H2,1-2H3. The Morgan fingerprint density at radius 3 is 2.40 bits per heavy atom. The highest BCUT2D eigenvalue weighted by Gasteiger charge is 2.12. The second-order valence-corrected chi connectivity index (χ2v) is 7.95. The molecule has 0 fully saturated rings. The lowest BCUT2D eigenvalue weighted by Gasteiger charge is -2.16. The molecule has 0 unspecified atom stereocenters. The van der Waals surface area contributed by atoms with E-state index in [1.165, 1.54) is 17.7 Å². The van der Waals surface area contributed by atoms with Crippen LogP contribution in [0.5, 0.6) is 11.5 Å². The van der Waals surface area contributed by atoms with Gasteiger partial charge >= 0.3 is 0 Å². The summed E-state index contributed by atoms with van der Waals surface area (Å²) in [6.45, 7) is 6.61. The minimum Gasteiger partial charge on any atom is -0.490 e. The number of aryl methyl sites for hydroxylation is 1. The Bertz CT molecular complexity index is 960. The average molecular weight is 472 g/mol. The van der Waals surface area contributed by atoms with Crippen molar-refractivity contribution in [3.8, 4) is 11.5 Å². The molecule has 0 radical (unpaired) electrons.